The van der Waals surface area contributed by atoms with Gasteiger partial charge in [-0.05, 0) is 24.5 Å². The molecule has 0 unspecified atom stereocenters. The van der Waals surface area contributed by atoms with Crippen molar-refractivity contribution in [1.29, 1.82) is 0 Å². The predicted molar refractivity (Wildman–Crippen MR) is 83.0 cm³/mol. The molecule has 1 amide bonds. The van der Waals surface area contributed by atoms with E-state index in [0.717, 1.165) is 22.4 Å². The van der Waals surface area contributed by atoms with Crippen molar-refractivity contribution in [2.75, 3.05) is 0 Å². The monoisotopic (exact) mass is 319 g/mol. The number of para-hydroxylation sites is 1. The van der Waals surface area contributed by atoms with E-state index in [1.54, 1.807) is 6.92 Å². The maximum Gasteiger partial charge on any atom is 0.285 e. The fourth-order valence-electron chi connectivity index (χ4n) is 1.86. The zero-order valence-corrected chi connectivity index (χ0v) is 12.5. The molecule has 2 N–H and O–H groups in total. The number of hydrazone groups is 1. The molecule has 0 aliphatic heterocycles. The lowest BCUT2D eigenvalue weighted by Gasteiger charge is -1.95. The topological polar surface area (TPSA) is 83.0 Å². The minimum absolute atomic E-state index is 0.342. The van der Waals surface area contributed by atoms with E-state index in [2.05, 4.69) is 25.1 Å². The molecule has 0 fully saturated rings. The third kappa shape index (κ3) is 2.65. The number of nitrogens with one attached hydrogen (secondary N) is 2. The van der Waals surface area contributed by atoms with Crippen molar-refractivity contribution in [1.82, 2.24) is 20.0 Å². The van der Waals surface area contributed by atoms with Crippen LogP contribution >= 0.6 is 23.1 Å². The van der Waals surface area contributed by atoms with Crippen LogP contribution in [0.4, 0.5) is 0 Å². The van der Waals surface area contributed by atoms with Crippen LogP contribution in [0, 0.1) is 6.92 Å². The van der Waals surface area contributed by atoms with Gasteiger partial charge >= 0.3 is 0 Å². The van der Waals surface area contributed by atoms with E-state index in [1.165, 1.54) is 6.21 Å². The van der Waals surface area contributed by atoms with Gasteiger partial charge in [0.25, 0.3) is 5.91 Å². The molecule has 1 aromatic carbocycles. The standard InChI is InChI=1S/C13H10ClN5OS/c1-7-12(21-19-17-7)13(20)18-15-6-10-11(14)8-4-2-3-5-9(8)16-10/h2-6,16H,1H3,(H,18,20). The molecule has 0 spiro atoms. The van der Waals surface area contributed by atoms with Crippen LogP contribution in [-0.2, 0) is 0 Å². The predicted octanol–water partition coefficient (Wildman–Crippen LogP) is 2.75. The van der Waals surface area contributed by atoms with Crippen molar-refractivity contribution in [3.8, 4) is 0 Å². The van der Waals surface area contributed by atoms with E-state index in [0.29, 0.717) is 21.3 Å². The number of aromatic nitrogens is 3. The third-order valence-corrected chi connectivity index (χ3v) is 4.12. The van der Waals surface area contributed by atoms with Gasteiger partial charge in [0.05, 0.1) is 22.6 Å². The molecule has 0 bridgehead atoms. The Morgan fingerprint density at radius 2 is 2.29 bits per heavy atom. The van der Waals surface area contributed by atoms with Crippen LogP contribution in [0.2, 0.25) is 5.02 Å². The van der Waals surface area contributed by atoms with Gasteiger partial charge in [-0.25, -0.2) is 5.43 Å². The number of amides is 1. The number of hydrogen-bond donors (Lipinski definition) is 2. The van der Waals surface area contributed by atoms with Gasteiger partial charge in [0.2, 0.25) is 0 Å². The average molecular weight is 320 g/mol. The number of halogens is 1. The molecular formula is C13H10ClN5OS. The smallest absolute Gasteiger partial charge is 0.285 e. The summed E-state index contributed by atoms with van der Waals surface area (Å²) < 4.78 is 3.70. The Bertz CT molecular complexity index is 838. The van der Waals surface area contributed by atoms with Gasteiger partial charge in [-0.15, -0.1) is 5.10 Å². The average Bonchev–Trinajstić information content (AvgIpc) is 3.04. The van der Waals surface area contributed by atoms with Crippen LogP contribution < -0.4 is 5.43 Å². The molecule has 0 saturated carbocycles. The summed E-state index contributed by atoms with van der Waals surface area (Å²) in [6, 6.07) is 7.65. The molecule has 0 aliphatic rings. The highest BCUT2D eigenvalue weighted by Gasteiger charge is 2.12. The number of carbonyl (C=O) groups excluding carboxylic acids is 1. The maximum absolute atomic E-state index is 11.8. The van der Waals surface area contributed by atoms with Crippen LogP contribution in [0.5, 0.6) is 0 Å². The van der Waals surface area contributed by atoms with E-state index in [4.69, 9.17) is 11.6 Å². The second kappa shape index (κ2) is 5.63. The molecule has 3 rings (SSSR count). The zero-order valence-electron chi connectivity index (χ0n) is 10.9. The van der Waals surface area contributed by atoms with Crippen LogP contribution in [0.15, 0.2) is 29.4 Å². The quantitative estimate of drug-likeness (QED) is 0.575. The summed E-state index contributed by atoms with van der Waals surface area (Å²) in [5.74, 6) is -0.342. The number of nitrogens with zero attached hydrogens (tertiary/aromatic N) is 3. The number of carbonyl (C=O) groups is 1. The maximum atomic E-state index is 11.8. The molecule has 0 radical (unpaired) electrons. The molecule has 8 heteroatoms. The molecule has 2 aromatic heterocycles. The summed E-state index contributed by atoms with van der Waals surface area (Å²) in [6.45, 7) is 1.72. The van der Waals surface area contributed by atoms with Gasteiger partial charge < -0.3 is 4.98 Å². The minimum atomic E-state index is -0.342. The largest absolute Gasteiger partial charge is 0.352 e. The Morgan fingerprint density at radius 3 is 3.00 bits per heavy atom. The molecule has 0 atom stereocenters. The first-order valence-electron chi connectivity index (χ1n) is 6.05. The Hall–Kier alpha value is -2.25. The number of aryl methyl sites for hydroxylation is 1. The lowest BCUT2D eigenvalue weighted by atomic mass is 10.2. The molecule has 106 valence electrons. The van der Waals surface area contributed by atoms with E-state index in [1.807, 2.05) is 24.3 Å². The summed E-state index contributed by atoms with van der Waals surface area (Å²) in [4.78, 5) is 15.4. The van der Waals surface area contributed by atoms with Crippen molar-refractivity contribution >= 4 is 46.2 Å². The van der Waals surface area contributed by atoms with E-state index in [-0.39, 0.29) is 5.91 Å². The number of hydrogen-bond acceptors (Lipinski definition) is 5. The van der Waals surface area contributed by atoms with Crippen LogP contribution in [-0.4, -0.2) is 26.7 Å². The summed E-state index contributed by atoms with van der Waals surface area (Å²) >= 11 is 7.27. The first-order valence-corrected chi connectivity index (χ1v) is 7.20. The van der Waals surface area contributed by atoms with Crippen molar-refractivity contribution in [2.45, 2.75) is 6.92 Å². The Kier molecular flexibility index (Phi) is 3.68. The van der Waals surface area contributed by atoms with Gasteiger partial charge in [0, 0.05) is 10.9 Å². The Morgan fingerprint density at radius 1 is 1.48 bits per heavy atom. The first kappa shape index (κ1) is 13.7. The van der Waals surface area contributed by atoms with Crippen molar-refractivity contribution in [3.05, 3.63) is 45.6 Å². The van der Waals surface area contributed by atoms with Crippen molar-refractivity contribution in [2.24, 2.45) is 5.10 Å². The van der Waals surface area contributed by atoms with E-state index >= 15 is 0 Å². The molecule has 0 saturated heterocycles. The van der Waals surface area contributed by atoms with Crippen LogP contribution in [0.1, 0.15) is 21.1 Å². The second-order valence-corrected chi connectivity index (χ2v) is 5.42. The van der Waals surface area contributed by atoms with Gasteiger partial charge in [0.1, 0.15) is 4.88 Å². The van der Waals surface area contributed by atoms with Gasteiger partial charge in [0.15, 0.2) is 0 Å². The fourth-order valence-corrected chi connectivity index (χ4v) is 2.67. The summed E-state index contributed by atoms with van der Waals surface area (Å²) in [6.07, 6.45) is 1.48. The highest BCUT2D eigenvalue weighted by atomic mass is 35.5. The number of fused-ring (bicyclic) bond motifs is 1. The number of rotatable bonds is 3. The van der Waals surface area contributed by atoms with Crippen LogP contribution in [0.25, 0.3) is 10.9 Å². The lowest BCUT2D eigenvalue weighted by Crippen LogP contribution is -2.17. The molecule has 2 heterocycles. The van der Waals surface area contributed by atoms with Crippen molar-refractivity contribution in [3.63, 3.8) is 0 Å². The van der Waals surface area contributed by atoms with Crippen molar-refractivity contribution < 1.29 is 4.79 Å². The minimum Gasteiger partial charge on any atom is -0.352 e. The molecule has 3 aromatic rings. The van der Waals surface area contributed by atoms with Gasteiger partial charge in [-0.2, -0.15) is 5.10 Å². The van der Waals surface area contributed by atoms with E-state index in [9.17, 15) is 4.79 Å². The Balaban J connectivity index is 1.78. The molecular weight excluding hydrogens is 310 g/mol. The zero-order chi connectivity index (χ0) is 14.8. The second-order valence-electron chi connectivity index (χ2n) is 4.28. The fraction of sp³-hybridized carbons (Fsp3) is 0.0769. The summed E-state index contributed by atoms with van der Waals surface area (Å²) in [5.41, 5.74) is 4.56. The normalized spacial score (nSPS) is 11.3. The highest BCUT2D eigenvalue weighted by molar-refractivity contribution is 7.07. The Labute approximate surface area is 129 Å². The molecule has 6 nitrogen and oxygen atoms in total. The summed E-state index contributed by atoms with van der Waals surface area (Å²) in [7, 11) is 0. The summed E-state index contributed by atoms with van der Waals surface area (Å²) in [5, 5.41) is 9.16. The number of H-pyrrole nitrogens is 1. The van der Waals surface area contributed by atoms with Crippen LogP contribution in [0.3, 0.4) is 0 Å². The third-order valence-electron chi connectivity index (χ3n) is 2.89. The highest BCUT2D eigenvalue weighted by Crippen LogP contribution is 2.25. The lowest BCUT2D eigenvalue weighted by molar-refractivity contribution is 0.0958. The van der Waals surface area contributed by atoms with Gasteiger partial charge in [-0.3, -0.25) is 4.79 Å². The SMILES string of the molecule is Cc1nnsc1C(=O)NN=Cc1[nH]c2ccccc2c1Cl. The number of aromatic amines is 1. The number of benzene rings is 1. The van der Waals surface area contributed by atoms with Gasteiger partial charge in [-0.1, -0.05) is 34.3 Å². The van der Waals surface area contributed by atoms with E-state index < -0.39 is 0 Å². The molecule has 21 heavy (non-hydrogen) atoms. The first-order chi connectivity index (χ1) is 10.2. The molecule has 0 aliphatic carbocycles.